The van der Waals surface area contributed by atoms with E-state index in [1.807, 2.05) is 44.2 Å². The Bertz CT molecular complexity index is 1020. The second-order valence-electron chi connectivity index (χ2n) is 10.7. The summed E-state index contributed by atoms with van der Waals surface area (Å²) >= 11 is 0. The summed E-state index contributed by atoms with van der Waals surface area (Å²) in [4.78, 5) is 31.8. The zero-order chi connectivity index (χ0) is 24.8. The summed E-state index contributed by atoms with van der Waals surface area (Å²) in [6.07, 6.45) is 5.31. The molecule has 1 aromatic carbocycles. The fourth-order valence-corrected chi connectivity index (χ4v) is 5.01. The van der Waals surface area contributed by atoms with Crippen molar-refractivity contribution in [2.45, 2.75) is 58.4 Å². The molecule has 2 aliphatic heterocycles. The van der Waals surface area contributed by atoms with Crippen LogP contribution in [0.3, 0.4) is 0 Å². The molecule has 0 spiro atoms. The van der Waals surface area contributed by atoms with Crippen molar-refractivity contribution < 1.29 is 14.7 Å². The molecule has 1 atom stereocenters. The third-order valence-corrected chi connectivity index (χ3v) is 7.23. The Morgan fingerprint density at radius 2 is 1.97 bits per heavy atom. The fourth-order valence-electron chi connectivity index (χ4n) is 5.01. The fraction of sp³-hybridized carbons (Fsp3) is 0.536. The largest absolute Gasteiger partial charge is 0.480 e. The van der Waals surface area contributed by atoms with Crippen molar-refractivity contribution in [1.82, 2.24) is 15.2 Å². The van der Waals surface area contributed by atoms with Crippen molar-refractivity contribution >= 4 is 17.7 Å². The van der Waals surface area contributed by atoms with Crippen LogP contribution < -0.4 is 10.6 Å². The summed E-state index contributed by atoms with van der Waals surface area (Å²) in [6, 6.07) is 13.3. The monoisotopic (exact) mass is 478 g/mol. The number of aryl methyl sites for hydroxylation is 2. The Morgan fingerprint density at radius 3 is 2.71 bits per heavy atom. The first-order chi connectivity index (χ1) is 16.8. The number of aromatic nitrogens is 1. The summed E-state index contributed by atoms with van der Waals surface area (Å²) in [5, 5.41) is 15.9. The van der Waals surface area contributed by atoms with Gasteiger partial charge in [-0.25, -0.2) is 9.78 Å². The van der Waals surface area contributed by atoms with Gasteiger partial charge in [0.15, 0.2) is 0 Å². The number of fused-ring (bicyclic) bond motifs is 1. The van der Waals surface area contributed by atoms with Gasteiger partial charge in [-0.3, -0.25) is 4.79 Å². The highest BCUT2D eigenvalue weighted by Gasteiger charge is 2.33. The maximum atomic E-state index is 12.9. The quantitative estimate of drug-likeness (QED) is 0.457. The van der Waals surface area contributed by atoms with E-state index in [1.165, 1.54) is 12.0 Å². The van der Waals surface area contributed by atoms with E-state index >= 15 is 0 Å². The minimum atomic E-state index is -0.974. The lowest BCUT2D eigenvalue weighted by Gasteiger charge is -2.40. The van der Waals surface area contributed by atoms with Crippen molar-refractivity contribution in [3.05, 3.63) is 59.3 Å². The smallest absolute Gasteiger partial charge is 0.326 e. The normalized spacial score (nSPS) is 17.1. The number of carboxylic acid groups (broad SMARTS) is 1. The Balaban J connectivity index is 1.18. The van der Waals surface area contributed by atoms with Crippen LogP contribution >= 0.6 is 0 Å². The number of nitrogens with one attached hydrogen (secondary N) is 2. The highest BCUT2D eigenvalue weighted by Crippen LogP contribution is 2.25. The zero-order valence-electron chi connectivity index (χ0n) is 20.9. The molecule has 35 heavy (non-hydrogen) atoms. The summed E-state index contributed by atoms with van der Waals surface area (Å²) in [5.41, 5.74) is 2.84. The van der Waals surface area contributed by atoms with Gasteiger partial charge < -0.3 is 20.6 Å². The summed E-state index contributed by atoms with van der Waals surface area (Å²) < 4.78 is 0. The van der Waals surface area contributed by atoms with Crippen LogP contribution in [0.4, 0.5) is 5.82 Å². The number of carboxylic acids is 1. The zero-order valence-corrected chi connectivity index (χ0v) is 20.9. The van der Waals surface area contributed by atoms with Crippen LogP contribution in [0.2, 0.25) is 0 Å². The molecule has 0 saturated carbocycles. The molecule has 7 heteroatoms. The number of hydrogen-bond acceptors (Lipinski definition) is 5. The second-order valence-corrected chi connectivity index (χ2v) is 10.7. The number of anilines is 1. The van der Waals surface area contributed by atoms with E-state index in [0.29, 0.717) is 25.3 Å². The van der Waals surface area contributed by atoms with Crippen molar-refractivity contribution in [2.75, 3.05) is 31.5 Å². The van der Waals surface area contributed by atoms with Crippen LogP contribution in [0.1, 0.15) is 49.9 Å². The molecule has 3 heterocycles. The van der Waals surface area contributed by atoms with Crippen LogP contribution in [0.15, 0.2) is 42.5 Å². The number of nitrogens with zero attached hydrogens (tertiary/aromatic N) is 2. The van der Waals surface area contributed by atoms with Crippen molar-refractivity contribution in [3.8, 4) is 0 Å². The van der Waals surface area contributed by atoms with Gasteiger partial charge >= 0.3 is 5.97 Å². The molecule has 3 N–H and O–H groups in total. The minimum absolute atomic E-state index is 0.220. The third kappa shape index (κ3) is 6.82. The van der Waals surface area contributed by atoms with E-state index in [-0.39, 0.29) is 5.91 Å². The number of hydrogen-bond donors (Lipinski definition) is 3. The maximum absolute atomic E-state index is 12.9. The molecule has 4 rings (SSSR count). The lowest BCUT2D eigenvalue weighted by atomic mass is 9.84. The Hall–Kier alpha value is -2.93. The number of carbonyl (C=O) groups is 2. The number of likely N-dealkylation sites (tertiary alicyclic amines) is 1. The van der Waals surface area contributed by atoms with Crippen LogP contribution in [0, 0.1) is 11.3 Å². The number of benzene rings is 1. The molecule has 1 saturated heterocycles. The average Bonchev–Trinajstić information content (AvgIpc) is 2.81. The number of carbonyl (C=O) groups excluding carboxylic acids is 1. The molecule has 0 unspecified atom stereocenters. The molecular weight excluding hydrogens is 440 g/mol. The van der Waals surface area contributed by atoms with Crippen molar-refractivity contribution in [1.29, 1.82) is 0 Å². The summed E-state index contributed by atoms with van der Waals surface area (Å²) in [6.45, 7) is 7.35. The van der Waals surface area contributed by atoms with E-state index in [2.05, 4.69) is 27.7 Å². The van der Waals surface area contributed by atoms with Crippen LogP contribution in [-0.4, -0.2) is 59.1 Å². The third-order valence-electron chi connectivity index (χ3n) is 7.23. The van der Waals surface area contributed by atoms with E-state index < -0.39 is 17.4 Å². The van der Waals surface area contributed by atoms with E-state index in [0.717, 1.165) is 56.0 Å². The summed E-state index contributed by atoms with van der Waals surface area (Å²) in [7, 11) is 0. The van der Waals surface area contributed by atoms with Gasteiger partial charge in [0.1, 0.15) is 11.9 Å². The lowest BCUT2D eigenvalue weighted by Crippen LogP contribution is -2.51. The number of amides is 1. The minimum Gasteiger partial charge on any atom is -0.480 e. The van der Waals surface area contributed by atoms with Gasteiger partial charge in [-0.05, 0) is 61.6 Å². The van der Waals surface area contributed by atoms with E-state index in [9.17, 15) is 14.7 Å². The Labute approximate surface area is 208 Å². The molecule has 188 valence electrons. The van der Waals surface area contributed by atoms with Crippen LogP contribution in [0.5, 0.6) is 0 Å². The van der Waals surface area contributed by atoms with Crippen LogP contribution in [0.25, 0.3) is 0 Å². The van der Waals surface area contributed by atoms with Crippen molar-refractivity contribution in [2.24, 2.45) is 11.3 Å². The predicted octanol–water partition coefficient (Wildman–Crippen LogP) is 3.53. The first-order valence-corrected chi connectivity index (χ1v) is 12.8. The molecule has 0 bridgehead atoms. The Morgan fingerprint density at radius 1 is 1.20 bits per heavy atom. The van der Waals surface area contributed by atoms with Gasteiger partial charge in [0.2, 0.25) is 5.91 Å². The molecule has 1 aromatic heterocycles. The lowest BCUT2D eigenvalue weighted by molar-refractivity contribution is -0.143. The molecule has 1 fully saturated rings. The molecule has 7 nitrogen and oxygen atoms in total. The highest BCUT2D eigenvalue weighted by molar-refractivity contribution is 5.87. The average molecular weight is 479 g/mol. The van der Waals surface area contributed by atoms with Gasteiger partial charge in [0, 0.05) is 37.3 Å². The number of pyridine rings is 1. The second kappa shape index (κ2) is 11.2. The van der Waals surface area contributed by atoms with Crippen molar-refractivity contribution in [3.63, 3.8) is 0 Å². The van der Waals surface area contributed by atoms with Gasteiger partial charge in [-0.15, -0.1) is 0 Å². The number of aliphatic carboxylic acids is 1. The van der Waals surface area contributed by atoms with Gasteiger partial charge in [0.25, 0.3) is 0 Å². The van der Waals surface area contributed by atoms with E-state index in [1.54, 1.807) is 0 Å². The molecule has 0 radical (unpaired) electrons. The molecular formula is C28H38N4O3. The molecule has 2 aliphatic rings. The standard InChI is InChI=1S/C28H38N4O3/c1-28(2,17-20-7-4-3-5-8-20)27(35)31-24(26(33)34)14-16-32-18-21(19-32)10-12-23-13-11-22-9-6-15-29-25(22)30-23/h3-5,7-8,11,13,21,24H,6,9-10,12,14-19H2,1-2H3,(H,29,30)(H,31,35)(H,33,34)/t24-/m0/s1. The van der Waals surface area contributed by atoms with Gasteiger partial charge in [-0.1, -0.05) is 50.2 Å². The molecule has 1 amide bonds. The van der Waals surface area contributed by atoms with Gasteiger partial charge in [-0.2, -0.15) is 0 Å². The maximum Gasteiger partial charge on any atom is 0.326 e. The van der Waals surface area contributed by atoms with Gasteiger partial charge in [0.05, 0.1) is 0 Å². The summed E-state index contributed by atoms with van der Waals surface area (Å²) in [5.74, 6) is 0.474. The first kappa shape index (κ1) is 25.2. The Kier molecular flexibility index (Phi) is 8.06. The number of rotatable bonds is 11. The topological polar surface area (TPSA) is 94.6 Å². The predicted molar refractivity (Wildman–Crippen MR) is 137 cm³/mol. The molecule has 0 aliphatic carbocycles. The van der Waals surface area contributed by atoms with Crippen LogP contribution in [-0.2, 0) is 28.9 Å². The van der Waals surface area contributed by atoms with E-state index in [4.69, 9.17) is 4.98 Å². The highest BCUT2D eigenvalue weighted by atomic mass is 16.4. The SMILES string of the molecule is CC(C)(Cc1ccccc1)C(=O)N[C@@H](CCN1CC(CCc2ccc3c(n2)NCCC3)C1)C(=O)O. The first-order valence-electron chi connectivity index (χ1n) is 12.8. The molecule has 2 aromatic rings.